The number of anilines is 1. The van der Waals surface area contributed by atoms with E-state index in [-0.39, 0.29) is 5.41 Å². The minimum atomic E-state index is 0.283. The van der Waals surface area contributed by atoms with Gasteiger partial charge in [0.2, 0.25) is 0 Å². The normalized spacial score (nSPS) is 11.5. The third kappa shape index (κ3) is 3.41. The van der Waals surface area contributed by atoms with Crippen molar-refractivity contribution in [1.29, 1.82) is 0 Å². The molecule has 0 amide bonds. The van der Waals surface area contributed by atoms with Crippen LogP contribution in [0, 0.1) is 5.41 Å². The van der Waals surface area contributed by atoms with Crippen molar-refractivity contribution in [2.45, 2.75) is 40.5 Å². The predicted octanol–water partition coefficient (Wildman–Crippen LogP) is 4.28. The van der Waals surface area contributed by atoms with E-state index in [1.807, 2.05) is 6.07 Å². The summed E-state index contributed by atoms with van der Waals surface area (Å²) in [6.45, 7) is 13.0. The van der Waals surface area contributed by atoms with E-state index in [1.54, 1.807) is 0 Å². The van der Waals surface area contributed by atoms with Gasteiger partial charge < -0.3 is 5.73 Å². The molecule has 0 unspecified atom stereocenters. The molecule has 2 N–H and O–H groups in total. The van der Waals surface area contributed by atoms with E-state index in [9.17, 15) is 0 Å². The van der Waals surface area contributed by atoms with Crippen molar-refractivity contribution in [3.63, 3.8) is 0 Å². The lowest BCUT2D eigenvalue weighted by Gasteiger charge is -2.20. The summed E-state index contributed by atoms with van der Waals surface area (Å²) in [6.07, 6.45) is 1.99. The number of benzene rings is 1. The van der Waals surface area contributed by atoms with Gasteiger partial charge in [0, 0.05) is 5.69 Å². The summed E-state index contributed by atoms with van der Waals surface area (Å²) in [7, 11) is 0. The molecular weight excluding hydrogens is 194 g/mol. The van der Waals surface area contributed by atoms with Gasteiger partial charge in [-0.15, -0.1) is 0 Å². The summed E-state index contributed by atoms with van der Waals surface area (Å²) in [4.78, 5) is 0. The average molecular weight is 217 g/mol. The lowest BCUT2D eigenvalue weighted by atomic mass is 9.85. The topological polar surface area (TPSA) is 26.0 Å². The fraction of sp³-hybridized carbons (Fsp3) is 0.467. The molecule has 0 fully saturated rings. The highest BCUT2D eigenvalue weighted by atomic mass is 14.6. The van der Waals surface area contributed by atoms with Gasteiger partial charge in [-0.25, -0.2) is 0 Å². The molecule has 0 radical (unpaired) electrons. The number of hydrogen-bond donors (Lipinski definition) is 1. The van der Waals surface area contributed by atoms with Crippen molar-refractivity contribution in [2.24, 2.45) is 5.41 Å². The second-order valence-corrected chi connectivity index (χ2v) is 5.61. The molecular formula is C15H23N. The van der Waals surface area contributed by atoms with Crippen LogP contribution in [0.25, 0.3) is 5.57 Å². The van der Waals surface area contributed by atoms with Gasteiger partial charge in [-0.05, 0) is 47.1 Å². The van der Waals surface area contributed by atoms with Gasteiger partial charge >= 0.3 is 0 Å². The number of aryl methyl sites for hydroxylation is 1. The fourth-order valence-electron chi connectivity index (χ4n) is 1.87. The first-order chi connectivity index (χ1) is 7.33. The molecule has 1 nitrogen and oxygen atoms in total. The average Bonchev–Trinajstić information content (AvgIpc) is 2.15. The molecule has 0 aliphatic heterocycles. The molecule has 0 saturated carbocycles. The van der Waals surface area contributed by atoms with E-state index in [0.717, 1.165) is 18.5 Å². The zero-order valence-corrected chi connectivity index (χ0v) is 10.9. The quantitative estimate of drug-likeness (QED) is 0.751. The molecule has 0 saturated heterocycles. The molecule has 0 aliphatic rings. The summed E-state index contributed by atoms with van der Waals surface area (Å²) >= 11 is 0. The molecule has 16 heavy (non-hydrogen) atoms. The summed E-state index contributed by atoms with van der Waals surface area (Å²) in [5.41, 5.74) is 10.7. The van der Waals surface area contributed by atoms with Gasteiger partial charge in [-0.1, -0.05) is 40.3 Å². The molecule has 0 heterocycles. The minimum Gasteiger partial charge on any atom is -0.399 e. The number of allylic oxidation sites excluding steroid dienone is 1. The van der Waals surface area contributed by atoms with Crippen LogP contribution in [0.15, 0.2) is 24.8 Å². The van der Waals surface area contributed by atoms with E-state index in [4.69, 9.17) is 5.73 Å². The first kappa shape index (κ1) is 12.8. The zero-order valence-electron chi connectivity index (χ0n) is 10.9. The summed E-state index contributed by atoms with van der Waals surface area (Å²) in [5, 5.41) is 0. The third-order valence-corrected chi connectivity index (χ3v) is 2.68. The maximum absolute atomic E-state index is 5.90. The van der Waals surface area contributed by atoms with Crippen molar-refractivity contribution in [2.75, 3.05) is 5.73 Å². The molecule has 0 bridgehead atoms. The molecule has 88 valence electrons. The second-order valence-electron chi connectivity index (χ2n) is 5.61. The molecule has 1 aromatic carbocycles. The van der Waals surface area contributed by atoms with Crippen molar-refractivity contribution in [3.05, 3.63) is 35.9 Å². The fourth-order valence-corrected chi connectivity index (χ4v) is 1.87. The monoisotopic (exact) mass is 217 g/mol. The van der Waals surface area contributed by atoms with E-state index in [2.05, 4.69) is 46.4 Å². The maximum atomic E-state index is 5.90. The molecule has 0 aliphatic carbocycles. The maximum Gasteiger partial charge on any atom is 0.0346 e. The van der Waals surface area contributed by atoms with Gasteiger partial charge in [-0.3, -0.25) is 0 Å². The van der Waals surface area contributed by atoms with Crippen LogP contribution >= 0.6 is 0 Å². The molecule has 1 aromatic rings. The van der Waals surface area contributed by atoms with Crippen LogP contribution in [0.2, 0.25) is 0 Å². The first-order valence-corrected chi connectivity index (χ1v) is 5.90. The van der Waals surface area contributed by atoms with Crippen molar-refractivity contribution >= 4 is 11.3 Å². The van der Waals surface area contributed by atoms with E-state index in [1.165, 1.54) is 16.7 Å². The van der Waals surface area contributed by atoms with Crippen molar-refractivity contribution < 1.29 is 0 Å². The van der Waals surface area contributed by atoms with Gasteiger partial charge in [0.15, 0.2) is 0 Å². The SMILES string of the molecule is C=C(CC(C)(C)C)c1ccc(N)c(CC)c1. The Bertz CT molecular complexity index is 383. The van der Waals surface area contributed by atoms with E-state index < -0.39 is 0 Å². The molecule has 1 rings (SSSR count). The van der Waals surface area contributed by atoms with Crippen LogP contribution in [0.1, 0.15) is 45.2 Å². The number of nitrogens with two attached hydrogens (primary N) is 1. The Balaban J connectivity index is 2.93. The lowest BCUT2D eigenvalue weighted by molar-refractivity contribution is 0.427. The highest BCUT2D eigenvalue weighted by Gasteiger charge is 2.13. The number of rotatable bonds is 3. The summed E-state index contributed by atoms with van der Waals surface area (Å²) in [5.74, 6) is 0. The van der Waals surface area contributed by atoms with E-state index >= 15 is 0 Å². The first-order valence-electron chi connectivity index (χ1n) is 5.90. The Morgan fingerprint density at radius 2 is 1.94 bits per heavy atom. The largest absolute Gasteiger partial charge is 0.399 e. The van der Waals surface area contributed by atoms with Crippen LogP contribution < -0.4 is 5.73 Å². The number of nitrogen functional groups attached to an aromatic ring is 1. The molecule has 0 aromatic heterocycles. The van der Waals surface area contributed by atoms with Crippen LogP contribution in [-0.2, 0) is 6.42 Å². The van der Waals surface area contributed by atoms with Gasteiger partial charge in [-0.2, -0.15) is 0 Å². The third-order valence-electron chi connectivity index (χ3n) is 2.68. The number of hydrogen-bond acceptors (Lipinski definition) is 1. The summed E-state index contributed by atoms with van der Waals surface area (Å²) in [6, 6.07) is 6.23. The second kappa shape index (κ2) is 4.73. The van der Waals surface area contributed by atoms with Gasteiger partial charge in [0.25, 0.3) is 0 Å². The highest BCUT2D eigenvalue weighted by molar-refractivity contribution is 5.67. The van der Waals surface area contributed by atoms with Crippen LogP contribution in [0.3, 0.4) is 0 Å². The van der Waals surface area contributed by atoms with Gasteiger partial charge in [0.1, 0.15) is 0 Å². The highest BCUT2D eigenvalue weighted by Crippen LogP contribution is 2.30. The Hall–Kier alpha value is -1.24. The zero-order chi connectivity index (χ0) is 12.3. The Labute approximate surface area is 99.4 Å². The Morgan fingerprint density at radius 1 is 1.31 bits per heavy atom. The summed E-state index contributed by atoms with van der Waals surface area (Å²) < 4.78 is 0. The molecule has 0 atom stereocenters. The predicted molar refractivity (Wildman–Crippen MR) is 73.3 cm³/mol. The van der Waals surface area contributed by atoms with Crippen LogP contribution in [0.5, 0.6) is 0 Å². The van der Waals surface area contributed by atoms with Crippen LogP contribution in [0.4, 0.5) is 5.69 Å². The lowest BCUT2D eigenvalue weighted by Crippen LogP contribution is -2.05. The Morgan fingerprint density at radius 3 is 2.44 bits per heavy atom. The van der Waals surface area contributed by atoms with Crippen molar-refractivity contribution in [1.82, 2.24) is 0 Å². The Kier molecular flexibility index (Phi) is 3.79. The smallest absolute Gasteiger partial charge is 0.0346 e. The standard InChI is InChI=1S/C15H23N/c1-6-12-9-13(7-8-14(12)16)11(2)10-15(3,4)5/h7-9H,2,6,10,16H2,1,3-5H3. The van der Waals surface area contributed by atoms with E-state index in [0.29, 0.717) is 0 Å². The van der Waals surface area contributed by atoms with Gasteiger partial charge in [0.05, 0.1) is 0 Å². The van der Waals surface area contributed by atoms with Crippen LogP contribution in [-0.4, -0.2) is 0 Å². The minimum absolute atomic E-state index is 0.283. The molecule has 1 heteroatoms. The molecule has 0 spiro atoms. The van der Waals surface area contributed by atoms with Crippen molar-refractivity contribution in [3.8, 4) is 0 Å².